The molecule has 0 fully saturated rings. The number of aromatic nitrogens is 2. The molecule has 0 atom stereocenters. The minimum Gasteiger partial charge on any atom is -0.308 e. The average molecular weight is 246 g/mol. The van der Waals surface area contributed by atoms with E-state index >= 15 is 0 Å². The van der Waals surface area contributed by atoms with Crippen LogP contribution in [0.3, 0.4) is 0 Å². The van der Waals surface area contributed by atoms with Gasteiger partial charge in [0, 0.05) is 6.42 Å². The quantitative estimate of drug-likeness (QED) is 0.884. The van der Waals surface area contributed by atoms with Gasteiger partial charge in [0.2, 0.25) is 5.82 Å². The highest BCUT2D eigenvalue weighted by Crippen LogP contribution is 2.12. The van der Waals surface area contributed by atoms with Crippen LogP contribution in [0.1, 0.15) is 28.2 Å². The van der Waals surface area contributed by atoms with Crippen LogP contribution in [0.2, 0.25) is 0 Å². The molecule has 4 heteroatoms. The van der Waals surface area contributed by atoms with E-state index in [1.54, 1.807) is 0 Å². The second-order valence-electron chi connectivity index (χ2n) is 4.51. The van der Waals surface area contributed by atoms with E-state index in [1.807, 2.05) is 32.0 Å². The molecule has 0 saturated carbocycles. The highest BCUT2D eigenvalue weighted by molar-refractivity contribution is 5.31. The minimum absolute atomic E-state index is 0.137. The standard InChI is InChI=1S/C14H15FN2O/c1-8-4-5-11(6-9(8)2)7-12-16-10(3)13(15)14(18)17-12/h4-6H,7H2,1-3H3,(H,16,17,18). The molecule has 0 aliphatic rings. The molecule has 0 saturated heterocycles. The van der Waals surface area contributed by atoms with Gasteiger partial charge in [-0.3, -0.25) is 4.79 Å². The van der Waals surface area contributed by atoms with Crippen LogP contribution in [0.4, 0.5) is 4.39 Å². The maximum absolute atomic E-state index is 13.2. The van der Waals surface area contributed by atoms with Gasteiger partial charge < -0.3 is 4.98 Å². The molecule has 0 aliphatic carbocycles. The third-order valence-corrected chi connectivity index (χ3v) is 3.02. The first-order valence-electron chi connectivity index (χ1n) is 5.79. The number of nitrogens with zero attached hydrogens (tertiary/aromatic N) is 1. The van der Waals surface area contributed by atoms with Gasteiger partial charge in [-0.25, -0.2) is 4.98 Å². The van der Waals surface area contributed by atoms with Gasteiger partial charge in [0.25, 0.3) is 5.56 Å². The molecule has 0 aliphatic heterocycles. The zero-order valence-electron chi connectivity index (χ0n) is 10.7. The predicted octanol–water partition coefficient (Wildman–Crippen LogP) is 2.43. The molecule has 2 aromatic rings. The van der Waals surface area contributed by atoms with Gasteiger partial charge >= 0.3 is 0 Å². The summed E-state index contributed by atoms with van der Waals surface area (Å²) in [6, 6.07) is 6.06. The summed E-state index contributed by atoms with van der Waals surface area (Å²) in [5.41, 5.74) is 2.88. The summed E-state index contributed by atoms with van der Waals surface area (Å²) >= 11 is 0. The Kier molecular flexibility index (Phi) is 3.28. The Labute approximate surface area is 105 Å². The van der Waals surface area contributed by atoms with Crippen LogP contribution in [-0.2, 0) is 6.42 Å². The molecule has 0 spiro atoms. The Hall–Kier alpha value is -1.97. The Morgan fingerprint density at radius 3 is 2.56 bits per heavy atom. The van der Waals surface area contributed by atoms with Gasteiger partial charge in [-0.05, 0) is 37.5 Å². The largest absolute Gasteiger partial charge is 0.308 e. The number of aryl methyl sites for hydroxylation is 3. The van der Waals surface area contributed by atoms with E-state index in [0.29, 0.717) is 12.2 Å². The van der Waals surface area contributed by atoms with Crippen molar-refractivity contribution >= 4 is 0 Å². The molecule has 0 amide bonds. The van der Waals surface area contributed by atoms with Crippen molar-refractivity contribution in [1.82, 2.24) is 9.97 Å². The van der Waals surface area contributed by atoms with Crippen molar-refractivity contribution in [3.05, 3.63) is 62.6 Å². The molecular weight excluding hydrogens is 231 g/mol. The van der Waals surface area contributed by atoms with E-state index in [9.17, 15) is 9.18 Å². The minimum atomic E-state index is -0.807. The molecule has 0 unspecified atom stereocenters. The van der Waals surface area contributed by atoms with Gasteiger partial charge in [-0.15, -0.1) is 0 Å². The van der Waals surface area contributed by atoms with Crippen molar-refractivity contribution in [3.8, 4) is 0 Å². The average Bonchev–Trinajstić information content (AvgIpc) is 2.31. The molecule has 0 radical (unpaired) electrons. The lowest BCUT2D eigenvalue weighted by molar-refractivity contribution is 0.583. The van der Waals surface area contributed by atoms with E-state index in [4.69, 9.17) is 0 Å². The van der Waals surface area contributed by atoms with Crippen molar-refractivity contribution in [2.75, 3.05) is 0 Å². The lowest BCUT2D eigenvalue weighted by atomic mass is 10.0. The van der Waals surface area contributed by atoms with Crippen molar-refractivity contribution in [2.45, 2.75) is 27.2 Å². The van der Waals surface area contributed by atoms with Crippen LogP contribution in [-0.4, -0.2) is 9.97 Å². The number of hydrogen-bond acceptors (Lipinski definition) is 2. The normalized spacial score (nSPS) is 10.7. The van der Waals surface area contributed by atoms with Crippen LogP contribution in [0.5, 0.6) is 0 Å². The number of nitrogens with one attached hydrogen (secondary N) is 1. The summed E-state index contributed by atoms with van der Waals surface area (Å²) in [5.74, 6) is -0.319. The summed E-state index contributed by atoms with van der Waals surface area (Å²) in [6.07, 6.45) is 0.498. The van der Waals surface area contributed by atoms with E-state index in [0.717, 1.165) is 5.56 Å². The lowest BCUT2D eigenvalue weighted by Gasteiger charge is -2.06. The summed E-state index contributed by atoms with van der Waals surface area (Å²) in [7, 11) is 0. The maximum Gasteiger partial charge on any atom is 0.287 e. The first-order chi connectivity index (χ1) is 8.47. The highest BCUT2D eigenvalue weighted by Gasteiger charge is 2.07. The summed E-state index contributed by atoms with van der Waals surface area (Å²) in [4.78, 5) is 17.8. The lowest BCUT2D eigenvalue weighted by Crippen LogP contribution is -2.17. The molecule has 1 N–H and O–H groups in total. The first-order valence-corrected chi connectivity index (χ1v) is 5.79. The molecule has 94 valence electrons. The van der Waals surface area contributed by atoms with E-state index in [-0.39, 0.29) is 5.69 Å². The Morgan fingerprint density at radius 2 is 1.94 bits per heavy atom. The smallest absolute Gasteiger partial charge is 0.287 e. The zero-order chi connectivity index (χ0) is 13.3. The van der Waals surface area contributed by atoms with Gasteiger partial charge in [0.15, 0.2) is 0 Å². The summed E-state index contributed by atoms with van der Waals surface area (Å²) in [6.45, 7) is 5.57. The number of benzene rings is 1. The van der Waals surface area contributed by atoms with Crippen LogP contribution >= 0.6 is 0 Å². The topological polar surface area (TPSA) is 45.8 Å². The fourth-order valence-corrected chi connectivity index (χ4v) is 1.82. The van der Waals surface area contributed by atoms with Gasteiger partial charge in [-0.2, -0.15) is 4.39 Å². The van der Waals surface area contributed by atoms with Crippen molar-refractivity contribution in [3.63, 3.8) is 0 Å². The third-order valence-electron chi connectivity index (χ3n) is 3.02. The zero-order valence-corrected chi connectivity index (χ0v) is 10.7. The second-order valence-corrected chi connectivity index (χ2v) is 4.51. The predicted molar refractivity (Wildman–Crippen MR) is 68.3 cm³/mol. The van der Waals surface area contributed by atoms with Crippen molar-refractivity contribution < 1.29 is 4.39 Å². The van der Waals surface area contributed by atoms with E-state index in [2.05, 4.69) is 9.97 Å². The molecule has 0 bridgehead atoms. The Balaban J connectivity index is 2.34. The number of aromatic amines is 1. The Bertz CT molecular complexity index is 647. The van der Waals surface area contributed by atoms with Gasteiger partial charge in [0.05, 0.1) is 5.69 Å². The first kappa shape index (κ1) is 12.5. The number of H-pyrrole nitrogens is 1. The summed E-state index contributed by atoms with van der Waals surface area (Å²) in [5, 5.41) is 0. The number of halogens is 1. The van der Waals surface area contributed by atoms with Crippen molar-refractivity contribution in [1.29, 1.82) is 0 Å². The molecule has 1 aromatic heterocycles. The number of rotatable bonds is 2. The van der Waals surface area contributed by atoms with Crippen LogP contribution < -0.4 is 5.56 Å². The van der Waals surface area contributed by atoms with Crippen LogP contribution in [0, 0.1) is 26.6 Å². The highest BCUT2D eigenvalue weighted by atomic mass is 19.1. The molecule has 2 rings (SSSR count). The Morgan fingerprint density at radius 1 is 1.22 bits per heavy atom. The van der Waals surface area contributed by atoms with E-state index in [1.165, 1.54) is 18.1 Å². The molecular formula is C14H15FN2O. The SMILES string of the molecule is Cc1ccc(Cc2nc(C)c(F)c(=O)[nH]2)cc1C. The molecule has 3 nitrogen and oxygen atoms in total. The molecule has 1 heterocycles. The fourth-order valence-electron chi connectivity index (χ4n) is 1.82. The van der Waals surface area contributed by atoms with Crippen LogP contribution in [0.15, 0.2) is 23.0 Å². The summed E-state index contributed by atoms with van der Waals surface area (Å²) < 4.78 is 13.2. The molecule has 1 aromatic carbocycles. The van der Waals surface area contributed by atoms with Gasteiger partial charge in [-0.1, -0.05) is 18.2 Å². The second kappa shape index (κ2) is 4.72. The third kappa shape index (κ3) is 2.47. The van der Waals surface area contributed by atoms with Gasteiger partial charge in [0.1, 0.15) is 5.82 Å². The van der Waals surface area contributed by atoms with Crippen molar-refractivity contribution in [2.24, 2.45) is 0 Å². The maximum atomic E-state index is 13.2. The fraction of sp³-hybridized carbons (Fsp3) is 0.286. The van der Waals surface area contributed by atoms with E-state index < -0.39 is 11.4 Å². The van der Waals surface area contributed by atoms with Crippen LogP contribution in [0.25, 0.3) is 0 Å². The number of hydrogen-bond donors (Lipinski definition) is 1. The molecule has 18 heavy (non-hydrogen) atoms. The monoisotopic (exact) mass is 246 g/mol.